The van der Waals surface area contributed by atoms with E-state index in [9.17, 15) is 10.2 Å². The summed E-state index contributed by atoms with van der Waals surface area (Å²) in [5, 5.41) is 19.2. The van der Waals surface area contributed by atoms with Gasteiger partial charge in [0.2, 0.25) is 0 Å². The van der Waals surface area contributed by atoms with Crippen molar-refractivity contribution in [1.82, 2.24) is 0 Å². The van der Waals surface area contributed by atoms with Gasteiger partial charge in [-0.15, -0.1) is 0 Å². The summed E-state index contributed by atoms with van der Waals surface area (Å²) in [6.45, 7) is 0. The van der Waals surface area contributed by atoms with Crippen LogP contribution >= 0.6 is 0 Å². The normalized spacial score (nSPS) is 12.3. The molecule has 0 aromatic heterocycles. The Balaban J connectivity index is 1.80. The predicted octanol–water partition coefficient (Wildman–Crippen LogP) is 3.45. The molecular formula is C16H18O2. The van der Waals surface area contributed by atoms with E-state index in [1.165, 1.54) is 5.56 Å². The smallest absolute Gasteiger partial charge is 0.115 e. The van der Waals surface area contributed by atoms with Gasteiger partial charge in [-0.1, -0.05) is 42.5 Å². The molecule has 1 atom stereocenters. The van der Waals surface area contributed by atoms with Gasteiger partial charge in [-0.3, -0.25) is 0 Å². The number of aromatic hydroxyl groups is 1. The van der Waals surface area contributed by atoms with Crippen molar-refractivity contribution in [2.45, 2.75) is 25.4 Å². The molecule has 2 nitrogen and oxygen atoms in total. The first-order valence-electron chi connectivity index (χ1n) is 6.26. The molecular weight excluding hydrogens is 224 g/mol. The van der Waals surface area contributed by atoms with Crippen LogP contribution in [0, 0.1) is 0 Å². The highest BCUT2D eigenvalue weighted by atomic mass is 16.3. The molecule has 0 spiro atoms. The molecule has 0 aliphatic carbocycles. The summed E-state index contributed by atoms with van der Waals surface area (Å²) in [6.07, 6.45) is 2.22. The fourth-order valence-corrected chi connectivity index (χ4v) is 2.00. The minimum absolute atomic E-state index is 0.295. The van der Waals surface area contributed by atoms with Crippen LogP contribution in [-0.2, 0) is 6.42 Å². The molecule has 0 amide bonds. The van der Waals surface area contributed by atoms with E-state index < -0.39 is 0 Å². The van der Waals surface area contributed by atoms with Crippen LogP contribution < -0.4 is 0 Å². The third-order valence-corrected chi connectivity index (χ3v) is 3.06. The zero-order chi connectivity index (χ0) is 12.8. The third kappa shape index (κ3) is 3.60. The number of aliphatic hydroxyl groups excluding tert-OH is 1. The number of phenols is 1. The van der Waals surface area contributed by atoms with E-state index in [1.807, 2.05) is 42.5 Å². The van der Waals surface area contributed by atoms with Crippen molar-refractivity contribution in [3.63, 3.8) is 0 Å². The van der Waals surface area contributed by atoms with E-state index in [0.29, 0.717) is 5.75 Å². The van der Waals surface area contributed by atoms with E-state index in [2.05, 4.69) is 0 Å². The first kappa shape index (κ1) is 12.7. The zero-order valence-electron chi connectivity index (χ0n) is 10.3. The summed E-state index contributed by atoms with van der Waals surface area (Å²) in [5.41, 5.74) is 2.16. The molecule has 0 saturated heterocycles. The maximum atomic E-state index is 10.0. The van der Waals surface area contributed by atoms with Gasteiger partial charge in [0.1, 0.15) is 5.75 Å². The SMILES string of the molecule is Oc1ccc(CCCC(O)c2ccccc2)cc1. The minimum atomic E-state index is -0.386. The fourth-order valence-electron chi connectivity index (χ4n) is 2.00. The molecule has 2 heteroatoms. The Hall–Kier alpha value is -1.80. The second-order valence-electron chi connectivity index (χ2n) is 4.49. The van der Waals surface area contributed by atoms with Crippen LogP contribution in [0.2, 0.25) is 0 Å². The van der Waals surface area contributed by atoms with Crippen LogP contribution in [0.4, 0.5) is 0 Å². The quantitative estimate of drug-likeness (QED) is 0.843. The zero-order valence-corrected chi connectivity index (χ0v) is 10.3. The molecule has 1 unspecified atom stereocenters. The highest BCUT2D eigenvalue weighted by Gasteiger charge is 2.06. The number of benzene rings is 2. The summed E-state index contributed by atoms with van der Waals surface area (Å²) < 4.78 is 0. The van der Waals surface area contributed by atoms with Crippen molar-refractivity contribution >= 4 is 0 Å². The Labute approximate surface area is 108 Å². The molecule has 0 aliphatic heterocycles. The average molecular weight is 242 g/mol. The molecule has 2 N–H and O–H groups in total. The van der Waals surface area contributed by atoms with Crippen LogP contribution in [0.3, 0.4) is 0 Å². The average Bonchev–Trinajstić information content (AvgIpc) is 2.42. The van der Waals surface area contributed by atoms with E-state index >= 15 is 0 Å². The number of hydrogen-bond donors (Lipinski definition) is 2. The Bertz CT molecular complexity index is 462. The highest BCUT2D eigenvalue weighted by molar-refractivity contribution is 5.26. The molecule has 2 aromatic rings. The first-order valence-corrected chi connectivity index (χ1v) is 6.26. The van der Waals surface area contributed by atoms with E-state index in [0.717, 1.165) is 24.8 Å². The predicted molar refractivity (Wildman–Crippen MR) is 72.4 cm³/mol. The molecule has 0 fully saturated rings. The van der Waals surface area contributed by atoms with Crippen LogP contribution in [0.5, 0.6) is 5.75 Å². The van der Waals surface area contributed by atoms with Crippen molar-refractivity contribution < 1.29 is 10.2 Å². The monoisotopic (exact) mass is 242 g/mol. The van der Waals surface area contributed by atoms with Gasteiger partial charge in [-0.05, 0) is 42.5 Å². The summed E-state index contributed by atoms with van der Waals surface area (Å²) in [7, 11) is 0. The summed E-state index contributed by atoms with van der Waals surface area (Å²) >= 11 is 0. The van der Waals surface area contributed by atoms with Gasteiger partial charge >= 0.3 is 0 Å². The standard InChI is InChI=1S/C16H18O2/c17-15-11-9-13(10-12-15)5-4-8-16(18)14-6-2-1-3-7-14/h1-3,6-7,9-12,16-18H,4-5,8H2. The van der Waals surface area contributed by atoms with Gasteiger partial charge in [0, 0.05) is 0 Å². The molecule has 94 valence electrons. The van der Waals surface area contributed by atoms with Gasteiger partial charge in [-0.2, -0.15) is 0 Å². The van der Waals surface area contributed by atoms with Gasteiger partial charge in [-0.25, -0.2) is 0 Å². The third-order valence-electron chi connectivity index (χ3n) is 3.06. The number of phenolic OH excluding ortho intramolecular Hbond substituents is 1. The minimum Gasteiger partial charge on any atom is -0.508 e. The lowest BCUT2D eigenvalue weighted by atomic mass is 10.0. The summed E-state index contributed by atoms with van der Waals surface area (Å²) in [6, 6.07) is 17.0. The van der Waals surface area contributed by atoms with Crippen molar-refractivity contribution in [3.05, 3.63) is 65.7 Å². The molecule has 2 rings (SSSR count). The molecule has 0 radical (unpaired) electrons. The highest BCUT2D eigenvalue weighted by Crippen LogP contribution is 2.19. The first-order chi connectivity index (χ1) is 8.75. The second-order valence-corrected chi connectivity index (χ2v) is 4.49. The molecule has 2 aromatic carbocycles. The number of hydrogen-bond acceptors (Lipinski definition) is 2. The Morgan fingerprint density at radius 3 is 2.22 bits per heavy atom. The van der Waals surface area contributed by atoms with Crippen LogP contribution in [0.25, 0.3) is 0 Å². The molecule has 0 bridgehead atoms. The van der Waals surface area contributed by atoms with Gasteiger partial charge in [0.25, 0.3) is 0 Å². The van der Waals surface area contributed by atoms with Crippen molar-refractivity contribution in [2.75, 3.05) is 0 Å². The van der Waals surface area contributed by atoms with E-state index in [4.69, 9.17) is 0 Å². The lowest BCUT2D eigenvalue weighted by Gasteiger charge is -2.10. The van der Waals surface area contributed by atoms with Crippen molar-refractivity contribution in [3.8, 4) is 5.75 Å². The maximum Gasteiger partial charge on any atom is 0.115 e. The summed E-state index contributed by atoms with van der Waals surface area (Å²) in [4.78, 5) is 0. The number of aliphatic hydroxyl groups is 1. The van der Waals surface area contributed by atoms with Crippen LogP contribution in [0.15, 0.2) is 54.6 Å². The van der Waals surface area contributed by atoms with Gasteiger partial charge in [0.05, 0.1) is 6.10 Å². The van der Waals surface area contributed by atoms with E-state index in [1.54, 1.807) is 12.1 Å². The number of aryl methyl sites for hydroxylation is 1. The molecule has 18 heavy (non-hydrogen) atoms. The lowest BCUT2D eigenvalue weighted by Crippen LogP contribution is -1.98. The largest absolute Gasteiger partial charge is 0.508 e. The van der Waals surface area contributed by atoms with E-state index in [-0.39, 0.29) is 6.10 Å². The van der Waals surface area contributed by atoms with Crippen LogP contribution in [-0.4, -0.2) is 10.2 Å². The Kier molecular flexibility index (Phi) is 4.37. The fraction of sp³-hybridized carbons (Fsp3) is 0.250. The Morgan fingerprint density at radius 1 is 0.889 bits per heavy atom. The molecule has 0 saturated carbocycles. The Morgan fingerprint density at radius 2 is 1.56 bits per heavy atom. The summed E-state index contributed by atoms with van der Waals surface area (Å²) in [5.74, 6) is 0.295. The van der Waals surface area contributed by atoms with Gasteiger partial charge < -0.3 is 10.2 Å². The lowest BCUT2D eigenvalue weighted by molar-refractivity contribution is 0.164. The van der Waals surface area contributed by atoms with Gasteiger partial charge in [0.15, 0.2) is 0 Å². The second kappa shape index (κ2) is 6.22. The maximum absolute atomic E-state index is 10.0. The molecule has 0 aliphatic rings. The van der Waals surface area contributed by atoms with Crippen LogP contribution in [0.1, 0.15) is 30.1 Å². The van der Waals surface area contributed by atoms with Crippen molar-refractivity contribution in [1.29, 1.82) is 0 Å². The number of rotatable bonds is 5. The van der Waals surface area contributed by atoms with Crippen molar-refractivity contribution in [2.24, 2.45) is 0 Å². The molecule has 0 heterocycles. The topological polar surface area (TPSA) is 40.5 Å².